The number of hydrogen-bond acceptors (Lipinski definition) is 5. The molecule has 1 aliphatic heterocycles. The van der Waals surface area contributed by atoms with Crippen molar-refractivity contribution in [2.75, 3.05) is 32.1 Å². The van der Waals surface area contributed by atoms with Crippen LogP contribution in [0.5, 0.6) is 0 Å². The lowest BCUT2D eigenvalue weighted by Gasteiger charge is -2.38. The van der Waals surface area contributed by atoms with Crippen molar-refractivity contribution in [2.24, 2.45) is 0 Å². The molecule has 1 fully saturated rings. The summed E-state index contributed by atoms with van der Waals surface area (Å²) in [6.07, 6.45) is 1.28. The number of methoxy groups -OCH3 is 1. The Balaban J connectivity index is 1.62. The van der Waals surface area contributed by atoms with E-state index in [4.69, 9.17) is 16.3 Å². The van der Waals surface area contributed by atoms with Crippen LogP contribution in [0.1, 0.15) is 33.6 Å². The fourth-order valence-corrected chi connectivity index (χ4v) is 4.34. The summed E-state index contributed by atoms with van der Waals surface area (Å²) in [5, 5.41) is 6.80. The third kappa shape index (κ3) is 7.11. The van der Waals surface area contributed by atoms with E-state index in [0.717, 1.165) is 17.0 Å². The first-order chi connectivity index (χ1) is 19.5. The summed E-state index contributed by atoms with van der Waals surface area (Å²) in [5.41, 5.74) is -0.0388. The van der Waals surface area contributed by atoms with Crippen molar-refractivity contribution in [3.05, 3.63) is 94.1 Å². The number of alkyl halides is 2. The molecule has 1 aliphatic rings. The third-order valence-electron chi connectivity index (χ3n) is 6.21. The number of ether oxygens (including phenoxy) is 1. The average Bonchev–Trinajstić information content (AvgIpc) is 2.93. The van der Waals surface area contributed by atoms with Crippen LogP contribution < -0.4 is 16.0 Å². The Labute approximate surface area is 236 Å². The predicted molar refractivity (Wildman–Crippen MR) is 141 cm³/mol. The number of benzene rings is 2. The maximum Gasteiger partial charge on any atom is 0.318 e. The fourth-order valence-electron chi connectivity index (χ4n) is 4.23. The molecule has 2 atom stereocenters. The quantitative estimate of drug-likeness (QED) is 0.317. The molecule has 1 saturated heterocycles. The molecule has 1 aromatic heterocycles. The molecule has 0 spiro atoms. The van der Waals surface area contributed by atoms with Crippen LogP contribution in [0.15, 0.2) is 60.8 Å². The minimum Gasteiger partial charge on any atom is -0.382 e. The molecule has 216 valence electrons. The zero-order valence-electron chi connectivity index (χ0n) is 21.5. The summed E-state index contributed by atoms with van der Waals surface area (Å²) in [6.45, 7) is -1.81. The number of nitrogens with one attached hydrogen (secondary N) is 3. The molecule has 2 aromatic carbocycles. The minimum absolute atomic E-state index is 0.00489. The zero-order chi connectivity index (χ0) is 29.7. The van der Waals surface area contributed by atoms with Crippen molar-refractivity contribution in [3.63, 3.8) is 0 Å². The highest BCUT2D eigenvalue weighted by Crippen LogP contribution is 2.29. The van der Waals surface area contributed by atoms with E-state index in [9.17, 15) is 31.9 Å². The second kappa shape index (κ2) is 12.5. The van der Waals surface area contributed by atoms with Crippen molar-refractivity contribution in [1.29, 1.82) is 0 Å². The Morgan fingerprint density at radius 2 is 1.88 bits per heavy atom. The van der Waals surface area contributed by atoms with Gasteiger partial charge in [-0.3, -0.25) is 9.59 Å². The number of hydrogen-bond donors (Lipinski definition) is 3. The number of carbonyl (C=O) groups is 3. The predicted octanol–water partition coefficient (Wildman–Crippen LogP) is 4.47. The van der Waals surface area contributed by atoms with Gasteiger partial charge in [-0.05, 0) is 47.5 Å². The topological polar surface area (TPSA) is 113 Å². The van der Waals surface area contributed by atoms with E-state index < -0.39 is 60.6 Å². The van der Waals surface area contributed by atoms with Crippen LogP contribution in [-0.2, 0) is 9.53 Å². The molecule has 0 radical (unpaired) electrons. The van der Waals surface area contributed by atoms with Gasteiger partial charge in [0.1, 0.15) is 23.5 Å². The number of aromatic nitrogens is 1. The van der Waals surface area contributed by atoms with E-state index in [-0.39, 0.29) is 28.6 Å². The molecular weight excluding hydrogens is 570 g/mol. The first kappa shape index (κ1) is 29.7. The number of rotatable bonds is 9. The molecule has 9 nitrogen and oxygen atoms in total. The number of pyridine rings is 1. The van der Waals surface area contributed by atoms with Crippen molar-refractivity contribution in [3.8, 4) is 0 Å². The molecule has 3 aromatic rings. The van der Waals surface area contributed by atoms with Gasteiger partial charge in [0, 0.05) is 13.3 Å². The Bertz CT molecular complexity index is 1460. The zero-order valence-corrected chi connectivity index (χ0v) is 22.2. The maximum atomic E-state index is 14.3. The summed E-state index contributed by atoms with van der Waals surface area (Å²) in [5.74, 6) is -6.78. The first-order valence-corrected chi connectivity index (χ1v) is 12.6. The first-order valence-electron chi connectivity index (χ1n) is 12.2. The summed E-state index contributed by atoms with van der Waals surface area (Å²) >= 11 is 5.77. The van der Waals surface area contributed by atoms with Gasteiger partial charge in [0.15, 0.2) is 0 Å². The van der Waals surface area contributed by atoms with Crippen molar-refractivity contribution in [1.82, 2.24) is 20.5 Å². The molecule has 41 heavy (non-hydrogen) atoms. The summed E-state index contributed by atoms with van der Waals surface area (Å²) < 4.78 is 61.9. The lowest BCUT2D eigenvalue weighted by Crippen LogP contribution is -2.58. The van der Waals surface area contributed by atoms with E-state index in [2.05, 4.69) is 20.9 Å². The molecule has 0 saturated carbocycles. The number of anilines is 1. The lowest BCUT2D eigenvalue weighted by atomic mass is 10.0. The van der Waals surface area contributed by atoms with Gasteiger partial charge in [0.05, 0.1) is 36.3 Å². The van der Waals surface area contributed by atoms with Crippen LogP contribution in [0.3, 0.4) is 0 Å². The summed E-state index contributed by atoms with van der Waals surface area (Å²) in [4.78, 5) is 43.6. The number of nitrogens with zero attached hydrogens (tertiary/aromatic N) is 2. The van der Waals surface area contributed by atoms with Crippen LogP contribution in [0, 0.1) is 11.6 Å². The molecule has 4 rings (SSSR count). The summed E-state index contributed by atoms with van der Waals surface area (Å²) in [7, 11) is 1.34. The monoisotopic (exact) mass is 593 g/mol. The molecule has 0 unspecified atom stereocenters. The molecule has 3 N–H and O–H groups in total. The smallest absolute Gasteiger partial charge is 0.318 e. The second-order valence-electron chi connectivity index (χ2n) is 9.14. The Morgan fingerprint density at radius 3 is 2.59 bits per heavy atom. The second-order valence-corrected chi connectivity index (χ2v) is 9.54. The highest BCUT2D eigenvalue weighted by atomic mass is 35.5. The Morgan fingerprint density at radius 1 is 1.12 bits per heavy atom. The van der Waals surface area contributed by atoms with Crippen molar-refractivity contribution < 1.29 is 36.7 Å². The number of carbonyl (C=O) groups excluding carboxylic acids is 3. The van der Waals surface area contributed by atoms with E-state index >= 15 is 0 Å². The van der Waals surface area contributed by atoms with Crippen molar-refractivity contribution in [2.45, 2.75) is 18.0 Å². The molecule has 0 aliphatic carbocycles. The Hall–Kier alpha value is -4.23. The number of urea groups is 1. The number of halogens is 5. The van der Waals surface area contributed by atoms with Crippen LogP contribution in [0.2, 0.25) is 5.02 Å². The van der Waals surface area contributed by atoms with Gasteiger partial charge in [-0.25, -0.2) is 27.3 Å². The number of amides is 4. The molecule has 0 bridgehead atoms. The third-order valence-corrected chi connectivity index (χ3v) is 6.52. The molecule has 14 heteroatoms. The minimum atomic E-state index is -3.18. The fraction of sp³-hybridized carbons (Fsp3) is 0.259. The van der Waals surface area contributed by atoms with Gasteiger partial charge >= 0.3 is 6.03 Å². The highest BCUT2D eigenvalue weighted by Gasteiger charge is 2.42. The van der Waals surface area contributed by atoms with Gasteiger partial charge in [-0.1, -0.05) is 29.8 Å². The standard InChI is InChI=1S/C27H24ClF4N5O4/c1-41-12-21(37-14-27(31,32)13-34-26(37)40)15-8-9-33-22(11-15)35-25(39)23(16-6-7-18(28)20(30)10-16)36-24(38)17-4-2-3-5-19(17)29/h2-11,21,23H,12-14H2,1H3,(H,34,40)(H,36,38)(H,33,35,39)/t21-,23+/m1/s1. The lowest BCUT2D eigenvalue weighted by molar-refractivity contribution is -0.118. The highest BCUT2D eigenvalue weighted by molar-refractivity contribution is 6.30. The van der Waals surface area contributed by atoms with Gasteiger partial charge < -0.3 is 25.6 Å². The van der Waals surface area contributed by atoms with E-state index in [1.165, 1.54) is 55.8 Å². The van der Waals surface area contributed by atoms with Crippen LogP contribution >= 0.6 is 11.6 Å². The molecule has 4 amide bonds. The molecule has 2 heterocycles. The summed E-state index contributed by atoms with van der Waals surface area (Å²) in [6, 6.07) is 8.13. The van der Waals surface area contributed by atoms with Crippen LogP contribution in [-0.4, -0.2) is 60.5 Å². The van der Waals surface area contributed by atoms with E-state index in [0.29, 0.717) is 5.56 Å². The van der Waals surface area contributed by atoms with Gasteiger partial charge in [0.25, 0.3) is 17.7 Å². The van der Waals surface area contributed by atoms with Gasteiger partial charge in [0.2, 0.25) is 0 Å². The Kier molecular flexibility index (Phi) is 9.08. The van der Waals surface area contributed by atoms with Crippen molar-refractivity contribution >= 4 is 35.3 Å². The molecular formula is C27H24ClF4N5O4. The average molecular weight is 594 g/mol. The van der Waals surface area contributed by atoms with Gasteiger partial charge in [-0.15, -0.1) is 0 Å². The SMILES string of the molecule is COC[C@H](c1ccnc(NC(=O)[C@@H](NC(=O)c2ccccc2F)c2ccc(Cl)c(F)c2)c1)N1CC(F)(F)CNC1=O. The van der Waals surface area contributed by atoms with E-state index in [1.807, 2.05) is 0 Å². The normalized spacial score (nSPS) is 16.0. The maximum absolute atomic E-state index is 14.3. The van der Waals surface area contributed by atoms with Gasteiger partial charge in [-0.2, -0.15) is 0 Å². The van der Waals surface area contributed by atoms with Crippen LogP contribution in [0.4, 0.5) is 28.2 Å². The largest absolute Gasteiger partial charge is 0.382 e. The van der Waals surface area contributed by atoms with E-state index in [1.54, 1.807) is 0 Å². The van der Waals surface area contributed by atoms with Crippen LogP contribution in [0.25, 0.3) is 0 Å².